The van der Waals surface area contributed by atoms with Gasteiger partial charge in [-0.25, -0.2) is 10.9 Å². The zero-order valence-electron chi connectivity index (χ0n) is 9.42. The van der Waals surface area contributed by atoms with Crippen LogP contribution in [0.1, 0.15) is 5.56 Å². The van der Waals surface area contributed by atoms with Gasteiger partial charge in [-0.2, -0.15) is 0 Å². The summed E-state index contributed by atoms with van der Waals surface area (Å²) in [6.45, 7) is 0.809. The van der Waals surface area contributed by atoms with E-state index in [4.69, 9.17) is 22.8 Å². The average Bonchev–Trinajstić information content (AvgIpc) is 2.58. The fourth-order valence-electron chi connectivity index (χ4n) is 1.64. The van der Waals surface area contributed by atoms with Crippen LogP contribution >= 0.6 is 12.2 Å². The Morgan fingerprint density at radius 1 is 1.41 bits per heavy atom. The van der Waals surface area contributed by atoms with Gasteiger partial charge in [0, 0.05) is 6.54 Å². The summed E-state index contributed by atoms with van der Waals surface area (Å²) in [4.78, 5) is 13.1. The maximum absolute atomic E-state index is 11.3. The van der Waals surface area contributed by atoms with E-state index in [1.54, 1.807) is 12.0 Å². The van der Waals surface area contributed by atoms with Crippen LogP contribution in [0.5, 0.6) is 5.75 Å². The molecule has 1 aliphatic heterocycles. The van der Waals surface area contributed by atoms with Gasteiger partial charge in [-0.3, -0.25) is 4.79 Å². The van der Waals surface area contributed by atoms with E-state index in [9.17, 15) is 4.79 Å². The lowest BCUT2D eigenvalue weighted by atomic mass is 10.2. The Morgan fingerprint density at radius 3 is 2.53 bits per heavy atom. The van der Waals surface area contributed by atoms with E-state index in [0.29, 0.717) is 11.7 Å². The molecular formula is C11H13N3O2S. The Balaban J connectivity index is 2.06. The molecule has 0 saturated carbocycles. The van der Waals surface area contributed by atoms with Gasteiger partial charge < -0.3 is 9.64 Å². The number of hydrazine groups is 1. The van der Waals surface area contributed by atoms with E-state index in [-0.39, 0.29) is 12.5 Å². The topological polar surface area (TPSA) is 58.8 Å². The molecule has 1 heterocycles. The number of hydrogen-bond donors (Lipinski definition) is 1. The molecule has 0 aromatic heterocycles. The Bertz CT molecular complexity index is 447. The molecule has 0 spiro atoms. The van der Waals surface area contributed by atoms with E-state index >= 15 is 0 Å². The maximum Gasteiger partial charge on any atom is 0.262 e. The minimum atomic E-state index is -0.177. The molecule has 1 amide bonds. The normalized spacial score (nSPS) is 15.6. The first-order valence-corrected chi connectivity index (χ1v) is 5.52. The van der Waals surface area contributed by atoms with E-state index < -0.39 is 0 Å². The van der Waals surface area contributed by atoms with Crippen molar-refractivity contribution in [3.8, 4) is 5.75 Å². The Labute approximate surface area is 105 Å². The molecule has 0 unspecified atom stereocenters. The van der Waals surface area contributed by atoms with Crippen molar-refractivity contribution in [2.45, 2.75) is 6.54 Å². The monoisotopic (exact) mass is 251 g/mol. The number of ether oxygens (including phenoxy) is 1. The van der Waals surface area contributed by atoms with Crippen molar-refractivity contribution in [2.24, 2.45) is 5.84 Å². The largest absolute Gasteiger partial charge is 0.497 e. The van der Waals surface area contributed by atoms with Crippen molar-refractivity contribution >= 4 is 23.2 Å². The summed E-state index contributed by atoms with van der Waals surface area (Å²) in [6, 6.07) is 7.61. The van der Waals surface area contributed by atoms with Crippen molar-refractivity contribution in [2.75, 3.05) is 13.7 Å². The molecule has 0 aliphatic carbocycles. The molecule has 17 heavy (non-hydrogen) atoms. The van der Waals surface area contributed by atoms with Crippen molar-refractivity contribution < 1.29 is 9.53 Å². The standard InChI is InChI=1S/C11H13N3O2S/c1-16-9-4-2-8(3-5-9)6-13-7-10(15)14(12)11(13)17/h2-5H,6-7,12H2,1H3. The molecule has 2 rings (SSSR count). The predicted octanol–water partition coefficient (Wildman–Crippen LogP) is 0.498. The lowest BCUT2D eigenvalue weighted by Gasteiger charge is -2.17. The second-order valence-corrected chi connectivity index (χ2v) is 4.12. The fraction of sp³-hybridized carbons (Fsp3) is 0.273. The fourth-order valence-corrected chi connectivity index (χ4v) is 1.87. The summed E-state index contributed by atoms with van der Waals surface area (Å²) >= 11 is 5.07. The van der Waals surface area contributed by atoms with E-state index in [1.807, 2.05) is 24.3 Å². The van der Waals surface area contributed by atoms with Gasteiger partial charge in [-0.1, -0.05) is 12.1 Å². The van der Waals surface area contributed by atoms with Gasteiger partial charge in [0.15, 0.2) is 5.11 Å². The van der Waals surface area contributed by atoms with Crippen molar-refractivity contribution in [1.82, 2.24) is 9.91 Å². The number of benzene rings is 1. The van der Waals surface area contributed by atoms with Gasteiger partial charge in [0.05, 0.1) is 7.11 Å². The SMILES string of the molecule is COc1ccc(CN2CC(=O)N(N)C2=S)cc1. The molecule has 1 aliphatic rings. The summed E-state index contributed by atoms with van der Waals surface area (Å²) in [5.74, 6) is 6.12. The van der Waals surface area contributed by atoms with Gasteiger partial charge in [-0.15, -0.1) is 0 Å². The van der Waals surface area contributed by atoms with E-state index in [1.165, 1.54) is 0 Å². The summed E-state index contributed by atoms with van der Waals surface area (Å²) in [6.07, 6.45) is 0. The van der Waals surface area contributed by atoms with Crippen molar-refractivity contribution in [3.63, 3.8) is 0 Å². The van der Waals surface area contributed by atoms with Crippen LogP contribution in [-0.4, -0.2) is 34.6 Å². The van der Waals surface area contributed by atoms with Crippen LogP contribution in [0.2, 0.25) is 0 Å². The molecule has 0 radical (unpaired) electrons. The first-order valence-electron chi connectivity index (χ1n) is 5.11. The highest BCUT2D eigenvalue weighted by molar-refractivity contribution is 7.80. The van der Waals surface area contributed by atoms with Gasteiger partial charge in [-0.05, 0) is 29.9 Å². The molecular weight excluding hydrogens is 238 g/mol. The van der Waals surface area contributed by atoms with Crippen LogP contribution in [-0.2, 0) is 11.3 Å². The predicted molar refractivity (Wildman–Crippen MR) is 67.0 cm³/mol. The second-order valence-electron chi connectivity index (χ2n) is 3.75. The van der Waals surface area contributed by atoms with Gasteiger partial charge in [0.2, 0.25) is 0 Å². The van der Waals surface area contributed by atoms with E-state index in [2.05, 4.69) is 0 Å². The number of nitrogens with zero attached hydrogens (tertiary/aromatic N) is 2. The molecule has 2 N–H and O–H groups in total. The number of amides is 1. The molecule has 1 aromatic rings. The molecule has 6 heteroatoms. The van der Waals surface area contributed by atoms with Crippen LogP contribution in [0.25, 0.3) is 0 Å². The van der Waals surface area contributed by atoms with Crippen LogP contribution in [0.3, 0.4) is 0 Å². The second kappa shape index (κ2) is 4.68. The van der Waals surface area contributed by atoms with Crippen LogP contribution in [0.15, 0.2) is 24.3 Å². The molecule has 5 nitrogen and oxygen atoms in total. The zero-order chi connectivity index (χ0) is 12.4. The molecule has 0 atom stereocenters. The highest BCUT2D eigenvalue weighted by Crippen LogP contribution is 2.15. The Kier molecular flexibility index (Phi) is 3.26. The number of carbonyl (C=O) groups is 1. The third-order valence-electron chi connectivity index (χ3n) is 2.60. The average molecular weight is 251 g/mol. The number of rotatable bonds is 3. The summed E-state index contributed by atoms with van der Waals surface area (Å²) in [5, 5.41) is 1.38. The zero-order valence-corrected chi connectivity index (χ0v) is 10.2. The molecule has 1 saturated heterocycles. The highest BCUT2D eigenvalue weighted by atomic mass is 32.1. The summed E-state index contributed by atoms with van der Waals surface area (Å²) < 4.78 is 5.07. The number of carbonyl (C=O) groups excluding carboxylic acids is 1. The van der Waals surface area contributed by atoms with Crippen LogP contribution in [0, 0.1) is 0 Å². The molecule has 1 fully saturated rings. The van der Waals surface area contributed by atoms with Gasteiger partial charge in [0.25, 0.3) is 5.91 Å². The smallest absolute Gasteiger partial charge is 0.262 e. The quantitative estimate of drug-likeness (QED) is 0.481. The van der Waals surface area contributed by atoms with Gasteiger partial charge >= 0.3 is 0 Å². The van der Waals surface area contributed by atoms with Gasteiger partial charge in [0.1, 0.15) is 12.3 Å². The minimum Gasteiger partial charge on any atom is -0.497 e. The third-order valence-corrected chi connectivity index (χ3v) is 3.06. The number of nitrogens with two attached hydrogens (primary N) is 1. The first-order chi connectivity index (χ1) is 8.11. The molecule has 1 aromatic carbocycles. The van der Waals surface area contributed by atoms with Crippen LogP contribution in [0.4, 0.5) is 0 Å². The minimum absolute atomic E-state index is 0.177. The first kappa shape index (κ1) is 11.8. The molecule has 0 bridgehead atoms. The maximum atomic E-state index is 11.3. The number of methoxy groups -OCH3 is 1. The lowest BCUT2D eigenvalue weighted by Crippen LogP contribution is -2.38. The van der Waals surface area contributed by atoms with E-state index in [0.717, 1.165) is 16.3 Å². The van der Waals surface area contributed by atoms with Crippen LogP contribution < -0.4 is 10.6 Å². The Hall–Kier alpha value is -1.66. The highest BCUT2D eigenvalue weighted by Gasteiger charge is 2.30. The molecule has 90 valence electrons. The summed E-state index contributed by atoms with van der Waals surface area (Å²) in [5.41, 5.74) is 1.05. The van der Waals surface area contributed by atoms with Crippen molar-refractivity contribution in [3.05, 3.63) is 29.8 Å². The summed E-state index contributed by atoms with van der Waals surface area (Å²) in [7, 11) is 1.62. The van der Waals surface area contributed by atoms with Crippen molar-refractivity contribution in [1.29, 1.82) is 0 Å². The number of thiocarbonyl (C=S) groups is 1. The number of hydrogen-bond acceptors (Lipinski definition) is 4. The third kappa shape index (κ3) is 2.37. The Morgan fingerprint density at radius 2 is 2.06 bits per heavy atom. The lowest BCUT2D eigenvalue weighted by molar-refractivity contribution is -0.125.